The van der Waals surface area contributed by atoms with Gasteiger partial charge in [0.2, 0.25) is 0 Å². The van der Waals surface area contributed by atoms with Crippen molar-refractivity contribution >= 4 is 18.0 Å². The number of Topliss-reactive ketones (excluding diaryl/α,β-unsaturated/α-hetero) is 1. The van der Waals surface area contributed by atoms with E-state index in [0.717, 1.165) is 6.29 Å². The molecule has 0 aromatic carbocycles. The van der Waals surface area contributed by atoms with Crippen LogP contribution in [0.3, 0.4) is 0 Å². The van der Waals surface area contributed by atoms with Gasteiger partial charge in [-0.3, -0.25) is 9.59 Å². The molecule has 0 spiro atoms. The minimum Gasteiger partial charge on any atom is -0.468 e. The number of hydrogen-bond donors (Lipinski definition) is 0. The van der Waals surface area contributed by atoms with Gasteiger partial charge in [0, 0.05) is 12.8 Å². The largest absolute Gasteiger partial charge is 0.468 e. The summed E-state index contributed by atoms with van der Waals surface area (Å²) in [6.07, 6.45) is 2.92. The average molecular weight is 198 g/mol. The second-order valence-electron chi connectivity index (χ2n) is 3.56. The molecule has 0 N–H and O–H groups in total. The van der Waals surface area contributed by atoms with Crippen LogP contribution in [0, 0.1) is 5.41 Å². The van der Waals surface area contributed by atoms with Crippen LogP contribution in [-0.4, -0.2) is 25.1 Å². The van der Waals surface area contributed by atoms with Gasteiger partial charge in [-0.1, -0.05) is 0 Å². The minimum atomic E-state index is -1.02. The van der Waals surface area contributed by atoms with Gasteiger partial charge >= 0.3 is 5.97 Å². The first kappa shape index (κ1) is 10.9. The van der Waals surface area contributed by atoms with E-state index in [2.05, 4.69) is 4.74 Å². The maximum atomic E-state index is 11.6. The zero-order chi connectivity index (χ0) is 10.6. The van der Waals surface area contributed by atoms with Gasteiger partial charge in [0.25, 0.3) is 0 Å². The van der Waals surface area contributed by atoms with Crippen molar-refractivity contribution in [3.8, 4) is 0 Å². The molecule has 0 aliphatic heterocycles. The molecular weight excluding hydrogens is 184 g/mol. The zero-order valence-electron chi connectivity index (χ0n) is 8.25. The Hall–Kier alpha value is -1.19. The van der Waals surface area contributed by atoms with Crippen molar-refractivity contribution in [1.82, 2.24) is 0 Å². The molecule has 4 heteroatoms. The van der Waals surface area contributed by atoms with Crippen molar-refractivity contribution in [2.24, 2.45) is 5.41 Å². The molecule has 0 bridgehead atoms. The quantitative estimate of drug-likeness (QED) is 0.382. The standard InChI is InChI=1S/C10H14O4/c1-14-9(13)10(6-3-7-11)5-2-4-8(10)12/h7H,2-6H2,1H3. The first-order chi connectivity index (χ1) is 6.67. The Bertz CT molecular complexity index is 259. The number of rotatable bonds is 4. The topological polar surface area (TPSA) is 60.4 Å². The Morgan fingerprint density at radius 2 is 2.36 bits per heavy atom. The molecule has 4 nitrogen and oxygen atoms in total. The number of ketones is 1. The summed E-state index contributed by atoms with van der Waals surface area (Å²) in [6.45, 7) is 0. The van der Waals surface area contributed by atoms with Crippen LogP contribution in [0.1, 0.15) is 32.1 Å². The van der Waals surface area contributed by atoms with Gasteiger partial charge in [-0.05, 0) is 19.3 Å². The predicted molar refractivity (Wildman–Crippen MR) is 48.6 cm³/mol. The lowest BCUT2D eigenvalue weighted by atomic mass is 9.81. The molecule has 1 unspecified atom stereocenters. The molecule has 1 aliphatic rings. The maximum Gasteiger partial charge on any atom is 0.319 e. The molecule has 1 rings (SSSR count). The third kappa shape index (κ3) is 1.69. The number of esters is 1. The molecule has 78 valence electrons. The highest BCUT2D eigenvalue weighted by molar-refractivity contribution is 6.05. The van der Waals surface area contributed by atoms with E-state index >= 15 is 0 Å². The number of hydrogen-bond acceptors (Lipinski definition) is 4. The third-order valence-electron chi connectivity index (χ3n) is 2.81. The highest BCUT2D eigenvalue weighted by Crippen LogP contribution is 2.39. The van der Waals surface area contributed by atoms with Crippen LogP contribution in [-0.2, 0) is 19.1 Å². The van der Waals surface area contributed by atoms with E-state index in [1.54, 1.807) is 0 Å². The molecule has 14 heavy (non-hydrogen) atoms. The number of ether oxygens (including phenoxy) is 1. The maximum absolute atomic E-state index is 11.6. The summed E-state index contributed by atoms with van der Waals surface area (Å²) >= 11 is 0. The molecule has 1 fully saturated rings. The predicted octanol–water partition coefficient (Wildman–Crippen LogP) is 0.878. The molecule has 0 aromatic rings. The van der Waals surface area contributed by atoms with Crippen molar-refractivity contribution in [2.45, 2.75) is 32.1 Å². The summed E-state index contributed by atoms with van der Waals surface area (Å²) in [5.41, 5.74) is -1.02. The number of carbonyl (C=O) groups is 3. The Labute approximate surface area is 82.6 Å². The van der Waals surface area contributed by atoms with Crippen molar-refractivity contribution in [1.29, 1.82) is 0 Å². The Morgan fingerprint density at radius 1 is 1.64 bits per heavy atom. The third-order valence-corrected chi connectivity index (χ3v) is 2.81. The SMILES string of the molecule is COC(=O)C1(CCC=O)CCCC1=O. The van der Waals surface area contributed by atoms with Crippen LogP contribution in [0.4, 0.5) is 0 Å². The molecule has 1 saturated carbocycles. The van der Waals surface area contributed by atoms with Crippen LogP contribution in [0.25, 0.3) is 0 Å². The van der Waals surface area contributed by atoms with Crippen molar-refractivity contribution in [3.63, 3.8) is 0 Å². The second kappa shape index (κ2) is 4.35. The van der Waals surface area contributed by atoms with E-state index < -0.39 is 11.4 Å². The van der Waals surface area contributed by atoms with Gasteiger partial charge in [0.15, 0.2) is 0 Å². The Morgan fingerprint density at radius 3 is 2.79 bits per heavy atom. The van der Waals surface area contributed by atoms with Crippen LogP contribution >= 0.6 is 0 Å². The highest BCUT2D eigenvalue weighted by atomic mass is 16.5. The lowest BCUT2D eigenvalue weighted by Crippen LogP contribution is -2.36. The van der Waals surface area contributed by atoms with Gasteiger partial charge in [-0.15, -0.1) is 0 Å². The normalized spacial score (nSPS) is 26.2. The first-order valence-corrected chi connectivity index (χ1v) is 4.73. The molecule has 0 heterocycles. The smallest absolute Gasteiger partial charge is 0.319 e. The summed E-state index contributed by atoms with van der Waals surface area (Å²) in [7, 11) is 1.27. The number of methoxy groups -OCH3 is 1. The lowest BCUT2D eigenvalue weighted by molar-refractivity contribution is -0.157. The fraction of sp³-hybridized carbons (Fsp3) is 0.700. The Kier molecular flexibility index (Phi) is 3.38. The summed E-state index contributed by atoms with van der Waals surface area (Å²) in [5.74, 6) is -0.562. The fourth-order valence-electron chi connectivity index (χ4n) is 2.01. The zero-order valence-corrected chi connectivity index (χ0v) is 8.25. The molecule has 0 aromatic heterocycles. The van der Waals surface area contributed by atoms with Crippen molar-refractivity contribution < 1.29 is 19.1 Å². The van der Waals surface area contributed by atoms with Crippen LogP contribution in [0.5, 0.6) is 0 Å². The first-order valence-electron chi connectivity index (χ1n) is 4.73. The summed E-state index contributed by atoms with van der Waals surface area (Å²) < 4.78 is 4.63. The van der Waals surface area contributed by atoms with Crippen LogP contribution in [0.15, 0.2) is 0 Å². The highest BCUT2D eigenvalue weighted by Gasteiger charge is 2.48. The monoisotopic (exact) mass is 198 g/mol. The van der Waals surface area contributed by atoms with Crippen molar-refractivity contribution in [2.75, 3.05) is 7.11 Å². The summed E-state index contributed by atoms with van der Waals surface area (Å²) in [4.78, 5) is 33.3. The number of carbonyl (C=O) groups excluding carboxylic acids is 3. The Balaban J connectivity index is 2.83. The second-order valence-corrected chi connectivity index (χ2v) is 3.56. The van der Waals surface area contributed by atoms with E-state index in [-0.39, 0.29) is 12.2 Å². The average Bonchev–Trinajstić information content (AvgIpc) is 2.57. The van der Waals surface area contributed by atoms with E-state index in [9.17, 15) is 14.4 Å². The van der Waals surface area contributed by atoms with Gasteiger partial charge in [0.05, 0.1) is 7.11 Å². The summed E-state index contributed by atoms with van der Waals surface area (Å²) in [5, 5.41) is 0. The number of aldehydes is 1. The molecule has 1 aliphatic carbocycles. The molecule has 0 radical (unpaired) electrons. The van der Waals surface area contributed by atoms with E-state index in [1.807, 2.05) is 0 Å². The molecule has 1 atom stereocenters. The van der Waals surface area contributed by atoms with Gasteiger partial charge in [-0.2, -0.15) is 0 Å². The molecular formula is C10H14O4. The van der Waals surface area contributed by atoms with E-state index in [4.69, 9.17) is 0 Å². The van der Waals surface area contributed by atoms with E-state index in [0.29, 0.717) is 25.7 Å². The molecule has 0 saturated heterocycles. The van der Waals surface area contributed by atoms with Crippen LogP contribution in [0.2, 0.25) is 0 Å². The summed E-state index contributed by atoms with van der Waals surface area (Å²) in [6, 6.07) is 0. The minimum absolute atomic E-state index is 0.0776. The van der Waals surface area contributed by atoms with Crippen molar-refractivity contribution in [3.05, 3.63) is 0 Å². The molecule has 0 amide bonds. The lowest BCUT2D eigenvalue weighted by Gasteiger charge is -2.22. The van der Waals surface area contributed by atoms with Gasteiger partial charge in [-0.25, -0.2) is 0 Å². The van der Waals surface area contributed by atoms with Gasteiger partial charge in [0.1, 0.15) is 17.5 Å². The van der Waals surface area contributed by atoms with Gasteiger partial charge < -0.3 is 9.53 Å². The van der Waals surface area contributed by atoms with E-state index in [1.165, 1.54) is 7.11 Å². The van der Waals surface area contributed by atoms with Crippen LogP contribution < -0.4 is 0 Å². The fourth-order valence-corrected chi connectivity index (χ4v) is 2.01.